The summed E-state index contributed by atoms with van der Waals surface area (Å²) in [5.74, 6) is 3.26. The van der Waals surface area contributed by atoms with Crippen LogP contribution in [0.3, 0.4) is 0 Å². The molecular weight excluding hydrogens is 500 g/mol. The van der Waals surface area contributed by atoms with Gasteiger partial charge in [0.25, 0.3) is 0 Å². The third-order valence-electron chi connectivity index (χ3n) is 8.60. The summed E-state index contributed by atoms with van der Waals surface area (Å²) in [6.07, 6.45) is 3.36. The van der Waals surface area contributed by atoms with Crippen molar-refractivity contribution in [3.8, 4) is 11.4 Å². The highest BCUT2D eigenvalue weighted by atomic mass is 35.5. The molecule has 5 heterocycles. The quantitative estimate of drug-likeness (QED) is 0.399. The zero-order valence-electron chi connectivity index (χ0n) is 22.5. The van der Waals surface area contributed by atoms with Gasteiger partial charge in [-0.2, -0.15) is 10.2 Å². The Labute approximate surface area is 227 Å². The van der Waals surface area contributed by atoms with Crippen LogP contribution in [-0.4, -0.2) is 62.3 Å². The molecule has 9 nitrogen and oxygen atoms in total. The Morgan fingerprint density at radius 1 is 1.16 bits per heavy atom. The highest BCUT2D eigenvalue weighted by molar-refractivity contribution is 6.33. The van der Waals surface area contributed by atoms with Crippen LogP contribution in [0.15, 0.2) is 12.1 Å². The molecule has 2 aliphatic heterocycles. The van der Waals surface area contributed by atoms with Gasteiger partial charge in [0.15, 0.2) is 5.82 Å². The number of H-pyrrole nitrogens is 1. The van der Waals surface area contributed by atoms with Gasteiger partial charge in [-0.15, -0.1) is 0 Å². The molecule has 0 unspecified atom stereocenters. The molecule has 0 spiro atoms. The second kappa shape index (κ2) is 8.68. The molecule has 1 saturated heterocycles. The monoisotopic (exact) mass is 532 g/mol. The number of anilines is 2. The molecule has 1 N–H and O–H groups in total. The van der Waals surface area contributed by atoms with Gasteiger partial charge in [-0.05, 0) is 45.2 Å². The summed E-state index contributed by atoms with van der Waals surface area (Å²) in [4.78, 5) is 15.2. The Bertz CT molecular complexity index is 1570. The predicted octanol–water partition coefficient (Wildman–Crippen LogP) is 4.69. The molecule has 3 aromatic heterocycles. The number of nitrogens with one attached hydrogen (secondary N) is 1. The van der Waals surface area contributed by atoms with Crippen LogP contribution in [0.1, 0.15) is 53.9 Å². The van der Waals surface area contributed by atoms with Crippen LogP contribution in [-0.2, 0) is 24.8 Å². The Morgan fingerprint density at radius 3 is 2.71 bits per heavy atom. The number of hydrogen-bond acceptors (Lipinski definition) is 7. The van der Waals surface area contributed by atoms with E-state index in [0.717, 1.165) is 81.1 Å². The summed E-state index contributed by atoms with van der Waals surface area (Å²) >= 11 is 6.92. The first-order valence-corrected chi connectivity index (χ1v) is 13.8. The van der Waals surface area contributed by atoms with Crippen molar-refractivity contribution in [1.82, 2.24) is 29.9 Å². The van der Waals surface area contributed by atoms with Crippen LogP contribution >= 0.6 is 11.6 Å². The number of hydrogen-bond donors (Lipinski definition) is 1. The Hall–Kier alpha value is -3.17. The fourth-order valence-electron chi connectivity index (χ4n) is 6.18. The van der Waals surface area contributed by atoms with Crippen molar-refractivity contribution in [3.63, 3.8) is 0 Å². The normalized spacial score (nSPS) is 21.2. The number of benzene rings is 1. The van der Waals surface area contributed by atoms with Gasteiger partial charge >= 0.3 is 0 Å². The Morgan fingerprint density at radius 2 is 1.97 bits per heavy atom. The van der Waals surface area contributed by atoms with E-state index in [1.54, 1.807) is 7.11 Å². The number of methoxy groups -OCH3 is 1. The molecule has 38 heavy (non-hydrogen) atoms. The number of aromatic amines is 1. The molecule has 198 valence electrons. The van der Waals surface area contributed by atoms with Crippen LogP contribution in [0, 0.1) is 13.8 Å². The van der Waals surface area contributed by atoms with Gasteiger partial charge in [0.2, 0.25) is 0 Å². The zero-order chi connectivity index (χ0) is 26.3. The van der Waals surface area contributed by atoms with E-state index < -0.39 is 0 Å². The first kappa shape index (κ1) is 23.9. The standard InChI is InChI=1S/C28H33ClN8O/c1-14-6-9-20-23(15(2)32-33-20)22(14)26-30-19-10-11-36(28-24(29)25(17-7-8-17)34-35(28)4)12-18(19)27(31-26)37-13-21(38-5)16(37)3/h6,9,16-17,21H,7-8,10-13H2,1-5H3,(H,32,33)/t16-,21+/m0/s1. The molecule has 1 aromatic carbocycles. The first-order valence-electron chi connectivity index (χ1n) is 13.5. The lowest BCUT2D eigenvalue weighted by atomic mass is 9.96. The fourth-order valence-corrected chi connectivity index (χ4v) is 6.61. The maximum atomic E-state index is 6.92. The molecule has 4 aromatic rings. The lowest BCUT2D eigenvalue weighted by Crippen LogP contribution is -2.60. The van der Waals surface area contributed by atoms with E-state index in [0.29, 0.717) is 12.5 Å². The number of fused-ring (bicyclic) bond motifs is 2. The average molecular weight is 533 g/mol. The van der Waals surface area contributed by atoms with Gasteiger partial charge in [0.05, 0.1) is 29.1 Å². The maximum Gasteiger partial charge on any atom is 0.162 e. The number of ether oxygens (including phenoxy) is 1. The second-order valence-corrected chi connectivity index (χ2v) is 11.4. The molecule has 0 radical (unpaired) electrons. The fraction of sp³-hybridized carbons (Fsp3) is 0.500. The van der Waals surface area contributed by atoms with Gasteiger partial charge in [-0.25, -0.2) is 9.97 Å². The molecule has 3 aliphatic rings. The van der Waals surface area contributed by atoms with E-state index in [2.05, 4.69) is 52.9 Å². The topological polar surface area (TPSA) is 88.0 Å². The third kappa shape index (κ3) is 3.55. The summed E-state index contributed by atoms with van der Waals surface area (Å²) in [6, 6.07) is 4.40. The smallest absolute Gasteiger partial charge is 0.162 e. The van der Waals surface area contributed by atoms with Gasteiger partial charge in [0, 0.05) is 68.3 Å². The lowest BCUT2D eigenvalue weighted by Gasteiger charge is -2.47. The molecule has 7 rings (SSSR count). The molecule has 0 bridgehead atoms. The molecule has 0 amide bonds. The number of aryl methyl sites for hydroxylation is 3. The van der Waals surface area contributed by atoms with Crippen molar-refractivity contribution in [3.05, 3.63) is 45.4 Å². The van der Waals surface area contributed by atoms with Crippen LogP contribution in [0.25, 0.3) is 22.3 Å². The van der Waals surface area contributed by atoms with E-state index >= 15 is 0 Å². The maximum absolute atomic E-state index is 6.92. The van der Waals surface area contributed by atoms with E-state index in [9.17, 15) is 0 Å². The molecule has 10 heteroatoms. The Balaban J connectivity index is 1.35. The zero-order valence-corrected chi connectivity index (χ0v) is 23.3. The largest absolute Gasteiger partial charge is 0.377 e. The highest BCUT2D eigenvalue weighted by Crippen LogP contribution is 2.46. The van der Waals surface area contributed by atoms with Crippen molar-refractivity contribution < 1.29 is 4.74 Å². The minimum atomic E-state index is 0.192. The van der Waals surface area contributed by atoms with E-state index in [1.807, 2.05) is 11.7 Å². The SMILES string of the molecule is CO[C@@H]1CN(c2nc(-c3c(C)ccc4n[nH]c(C)c34)nc3c2CN(c2c(Cl)c(C4CC4)nn2C)CC3)[C@H]1C. The van der Waals surface area contributed by atoms with Crippen LogP contribution in [0.4, 0.5) is 11.6 Å². The number of aromatic nitrogens is 6. The third-order valence-corrected chi connectivity index (χ3v) is 8.97. The minimum Gasteiger partial charge on any atom is -0.377 e. The van der Waals surface area contributed by atoms with Gasteiger partial charge in [0.1, 0.15) is 16.7 Å². The number of rotatable bonds is 5. The summed E-state index contributed by atoms with van der Waals surface area (Å²) in [5, 5.41) is 14.3. The molecular formula is C28H33ClN8O. The van der Waals surface area contributed by atoms with Crippen molar-refractivity contribution in [2.75, 3.05) is 30.0 Å². The van der Waals surface area contributed by atoms with Crippen LogP contribution in [0.2, 0.25) is 5.02 Å². The summed E-state index contributed by atoms with van der Waals surface area (Å²) in [5.41, 5.74) is 7.48. The van der Waals surface area contributed by atoms with E-state index in [4.69, 9.17) is 31.4 Å². The summed E-state index contributed by atoms with van der Waals surface area (Å²) in [7, 11) is 3.79. The van der Waals surface area contributed by atoms with Gasteiger partial charge in [-0.1, -0.05) is 17.7 Å². The average Bonchev–Trinajstić information content (AvgIpc) is 3.62. The van der Waals surface area contributed by atoms with Crippen molar-refractivity contribution in [2.45, 2.75) is 64.6 Å². The van der Waals surface area contributed by atoms with Crippen LogP contribution < -0.4 is 9.80 Å². The summed E-state index contributed by atoms with van der Waals surface area (Å²) < 4.78 is 7.66. The summed E-state index contributed by atoms with van der Waals surface area (Å²) in [6.45, 7) is 8.73. The first-order chi connectivity index (χ1) is 18.4. The number of nitrogens with zero attached hydrogens (tertiary/aromatic N) is 7. The molecule has 1 saturated carbocycles. The number of halogens is 1. The van der Waals surface area contributed by atoms with E-state index in [-0.39, 0.29) is 12.1 Å². The van der Waals surface area contributed by atoms with Crippen molar-refractivity contribution in [1.29, 1.82) is 0 Å². The van der Waals surface area contributed by atoms with Gasteiger partial charge < -0.3 is 14.5 Å². The lowest BCUT2D eigenvalue weighted by molar-refractivity contribution is 0.0453. The van der Waals surface area contributed by atoms with Crippen molar-refractivity contribution in [2.24, 2.45) is 7.05 Å². The van der Waals surface area contributed by atoms with Gasteiger partial charge in [-0.3, -0.25) is 9.78 Å². The molecule has 2 fully saturated rings. The van der Waals surface area contributed by atoms with E-state index in [1.165, 1.54) is 18.4 Å². The minimum absolute atomic E-state index is 0.192. The Kier molecular flexibility index (Phi) is 5.46. The predicted molar refractivity (Wildman–Crippen MR) is 149 cm³/mol. The molecule has 1 aliphatic carbocycles. The van der Waals surface area contributed by atoms with Crippen molar-refractivity contribution >= 4 is 34.1 Å². The highest BCUT2D eigenvalue weighted by Gasteiger charge is 2.40. The second-order valence-electron chi connectivity index (χ2n) is 11.1. The molecule has 2 atom stereocenters. The van der Waals surface area contributed by atoms with Crippen LogP contribution in [0.5, 0.6) is 0 Å².